The van der Waals surface area contributed by atoms with Crippen molar-refractivity contribution in [3.05, 3.63) is 93.9 Å². The van der Waals surface area contributed by atoms with E-state index in [1.165, 1.54) is 5.56 Å². The van der Waals surface area contributed by atoms with Gasteiger partial charge in [-0.2, -0.15) is 0 Å². The first kappa shape index (κ1) is 15.3. The van der Waals surface area contributed by atoms with E-state index in [4.69, 9.17) is 0 Å². The van der Waals surface area contributed by atoms with Crippen LogP contribution in [0.4, 0.5) is 0 Å². The number of hydrogen-bond acceptors (Lipinski definition) is 1. The lowest BCUT2D eigenvalue weighted by Gasteiger charge is -2.25. The van der Waals surface area contributed by atoms with Crippen LogP contribution in [0.3, 0.4) is 0 Å². The molecule has 3 aromatic rings. The summed E-state index contributed by atoms with van der Waals surface area (Å²) >= 11 is 0. The summed E-state index contributed by atoms with van der Waals surface area (Å²) in [6.07, 6.45) is 0. The zero-order chi connectivity index (χ0) is 16.4. The maximum absolute atomic E-state index is 12.6. The first-order chi connectivity index (χ1) is 11.1. The van der Waals surface area contributed by atoms with Crippen molar-refractivity contribution in [3.8, 4) is 0 Å². The van der Waals surface area contributed by atoms with Crippen LogP contribution in [-0.4, -0.2) is 9.36 Å². The van der Waals surface area contributed by atoms with E-state index in [-0.39, 0.29) is 17.6 Å². The average molecular weight is 306 g/mol. The summed E-state index contributed by atoms with van der Waals surface area (Å²) < 4.78 is 3.97. The van der Waals surface area contributed by atoms with Gasteiger partial charge in [0.15, 0.2) is 0 Å². The molecule has 0 aliphatic heterocycles. The van der Waals surface area contributed by atoms with Crippen LogP contribution in [-0.2, 0) is 0 Å². The lowest BCUT2D eigenvalue weighted by molar-refractivity contribution is 0.387. The lowest BCUT2D eigenvalue weighted by atomic mass is 10.1. The summed E-state index contributed by atoms with van der Waals surface area (Å²) in [5, 5.41) is 0. The molecular formula is C20H22N2O. The van der Waals surface area contributed by atoms with E-state index >= 15 is 0 Å². The van der Waals surface area contributed by atoms with Gasteiger partial charge in [-0.3, -0.25) is 9.48 Å². The molecule has 3 heteroatoms. The molecule has 0 spiro atoms. The molecular weight excluding hydrogens is 284 g/mol. The normalized spacial score (nSPS) is 13.7. The van der Waals surface area contributed by atoms with Crippen molar-refractivity contribution in [2.24, 2.45) is 0 Å². The smallest absolute Gasteiger partial charge is 0.267 e. The third-order valence-corrected chi connectivity index (χ3v) is 4.45. The minimum atomic E-state index is -0.0106. The monoisotopic (exact) mass is 306 g/mol. The molecule has 3 rings (SSSR count). The topological polar surface area (TPSA) is 26.9 Å². The van der Waals surface area contributed by atoms with Crippen molar-refractivity contribution in [1.29, 1.82) is 0 Å². The van der Waals surface area contributed by atoms with Gasteiger partial charge in [-0.15, -0.1) is 0 Å². The fraction of sp³-hybridized carbons (Fsp3) is 0.250. The standard InChI is InChI=1S/C20H22N2O/c1-15-14-20(23)22(17(3)19-12-8-5-9-13-19)21(15)16(2)18-10-6-4-7-11-18/h4-14,16-17H,1-3H3/t16-,17-/m1/s1. The second-order valence-corrected chi connectivity index (χ2v) is 5.99. The van der Waals surface area contributed by atoms with Gasteiger partial charge in [0.25, 0.3) is 5.56 Å². The number of nitrogens with zero attached hydrogens (tertiary/aromatic N) is 2. The Morgan fingerprint density at radius 1 is 0.739 bits per heavy atom. The number of hydrogen-bond donors (Lipinski definition) is 0. The zero-order valence-electron chi connectivity index (χ0n) is 13.8. The summed E-state index contributed by atoms with van der Waals surface area (Å²) in [4.78, 5) is 12.6. The van der Waals surface area contributed by atoms with Crippen molar-refractivity contribution in [1.82, 2.24) is 9.36 Å². The van der Waals surface area contributed by atoms with Gasteiger partial charge in [0.1, 0.15) is 0 Å². The molecule has 118 valence electrons. The van der Waals surface area contributed by atoms with Crippen molar-refractivity contribution >= 4 is 0 Å². The highest BCUT2D eigenvalue weighted by Crippen LogP contribution is 2.23. The zero-order valence-corrected chi connectivity index (χ0v) is 13.8. The molecule has 0 bridgehead atoms. The molecule has 0 amide bonds. The van der Waals surface area contributed by atoms with Crippen molar-refractivity contribution < 1.29 is 0 Å². The average Bonchev–Trinajstić information content (AvgIpc) is 2.89. The highest BCUT2D eigenvalue weighted by molar-refractivity contribution is 5.22. The van der Waals surface area contributed by atoms with Gasteiger partial charge in [-0.25, -0.2) is 4.68 Å². The Bertz CT molecular complexity index is 831. The molecule has 0 saturated carbocycles. The van der Waals surface area contributed by atoms with E-state index < -0.39 is 0 Å². The number of benzene rings is 2. The molecule has 0 radical (unpaired) electrons. The Morgan fingerprint density at radius 3 is 1.65 bits per heavy atom. The van der Waals surface area contributed by atoms with Crippen LogP contribution in [0, 0.1) is 6.92 Å². The maximum Gasteiger partial charge on any atom is 0.267 e. The SMILES string of the molecule is Cc1cc(=O)n([C@H](C)c2ccccc2)n1[C@H](C)c1ccccc1. The Morgan fingerprint density at radius 2 is 1.17 bits per heavy atom. The lowest BCUT2D eigenvalue weighted by Crippen LogP contribution is -2.29. The van der Waals surface area contributed by atoms with Crippen molar-refractivity contribution in [2.45, 2.75) is 32.9 Å². The van der Waals surface area contributed by atoms with E-state index in [2.05, 4.69) is 42.8 Å². The van der Waals surface area contributed by atoms with Crippen LogP contribution < -0.4 is 5.56 Å². The van der Waals surface area contributed by atoms with E-state index in [1.54, 1.807) is 6.07 Å². The minimum Gasteiger partial charge on any atom is -0.279 e. The number of aromatic nitrogens is 2. The summed E-state index contributed by atoms with van der Waals surface area (Å²) in [6.45, 7) is 6.20. The molecule has 0 aliphatic carbocycles. The second-order valence-electron chi connectivity index (χ2n) is 5.99. The van der Waals surface area contributed by atoms with Crippen molar-refractivity contribution in [2.75, 3.05) is 0 Å². The van der Waals surface area contributed by atoms with E-state index in [1.807, 2.05) is 48.0 Å². The first-order valence-electron chi connectivity index (χ1n) is 8.00. The summed E-state index contributed by atoms with van der Waals surface area (Å²) in [5.74, 6) is 0. The van der Waals surface area contributed by atoms with Crippen molar-refractivity contribution in [3.63, 3.8) is 0 Å². The Labute approximate surface area is 136 Å². The van der Waals surface area contributed by atoms with Gasteiger partial charge >= 0.3 is 0 Å². The molecule has 0 fully saturated rings. The predicted molar refractivity (Wildman–Crippen MR) is 93.9 cm³/mol. The predicted octanol–water partition coefficient (Wildman–Crippen LogP) is 4.18. The fourth-order valence-corrected chi connectivity index (χ4v) is 3.20. The number of aryl methyl sites for hydroxylation is 1. The Hall–Kier alpha value is -2.55. The van der Waals surface area contributed by atoms with Gasteiger partial charge in [-0.05, 0) is 31.9 Å². The van der Waals surface area contributed by atoms with Gasteiger partial charge in [-0.1, -0.05) is 60.7 Å². The van der Waals surface area contributed by atoms with Gasteiger partial charge < -0.3 is 0 Å². The van der Waals surface area contributed by atoms with E-state index in [9.17, 15) is 4.79 Å². The summed E-state index contributed by atoms with van der Waals surface area (Å²) in [5.41, 5.74) is 3.35. The van der Waals surface area contributed by atoms with Gasteiger partial charge in [0.2, 0.25) is 0 Å². The third kappa shape index (κ3) is 2.87. The molecule has 0 saturated heterocycles. The van der Waals surface area contributed by atoms with E-state index in [0.29, 0.717) is 0 Å². The first-order valence-corrected chi connectivity index (χ1v) is 8.00. The second kappa shape index (κ2) is 6.29. The molecule has 1 aromatic heterocycles. The summed E-state index contributed by atoms with van der Waals surface area (Å²) in [7, 11) is 0. The van der Waals surface area contributed by atoms with E-state index in [0.717, 1.165) is 11.3 Å². The molecule has 0 N–H and O–H groups in total. The van der Waals surface area contributed by atoms with Crippen LogP contribution in [0.2, 0.25) is 0 Å². The molecule has 3 nitrogen and oxygen atoms in total. The Balaban J connectivity index is 2.10. The minimum absolute atomic E-state index is 0.0106. The van der Waals surface area contributed by atoms with Gasteiger partial charge in [0, 0.05) is 11.8 Å². The Kier molecular flexibility index (Phi) is 4.20. The van der Waals surface area contributed by atoms with Gasteiger partial charge in [0.05, 0.1) is 12.1 Å². The molecule has 1 heterocycles. The van der Waals surface area contributed by atoms with Crippen LogP contribution in [0.25, 0.3) is 0 Å². The largest absolute Gasteiger partial charge is 0.279 e. The number of rotatable bonds is 4. The maximum atomic E-state index is 12.6. The highest BCUT2D eigenvalue weighted by atomic mass is 16.1. The molecule has 0 aliphatic rings. The van der Waals surface area contributed by atoms with Crippen LogP contribution in [0.5, 0.6) is 0 Å². The molecule has 0 unspecified atom stereocenters. The van der Waals surface area contributed by atoms with Crippen LogP contribution >= 0.6 is 0 Å². The highest BCUT2D eigenvalue weighted by Gasteiger charge is 2.20. The van der Waals surface area contributed by atoms with Crippen LogP contribution in [0.15, 0.2) is 71.5 Å². The third-order valence-electron chi connectivity index (χ3n) is 4.45. The fourth-order valence-electron chi connectivity index (χ4n) is 3.20. The quantitative estimate of drug-likeness (QED) is 0.710. The molecule has 23 heavy (non-hydrogen) atoms. The van der Waals surface area contributed by atoms with Crippen LogP contribution in [0.1, 0.15) is 42.8 Å². The molecule has 2 atom stereocenters. The summed E-state index contributed by atoms with van der Waals surface area (Å²) in [6, 6.07) is 22.3. The molecule has 2 aromatic carbocycles.